The summed E-state index contributed by atoms with van der Waals surface area (Å²) >= 11 is 0. The minimum absolute atomic E-state index is 0.122. The Bertz CT molecular complexity index is 939. The number of fused-ring (bicyclic) bond motifs is 1. The molecule has 0 aliphatic heterocycles. The maximum absolute atomic E-state index is 15.0. The number of hydrogen-bond acceptors (Lipinski definition) is 0. The first kappa shape index (κ1) is 26.2. The van der Waals surface area contributed by atoms with Crippen molar-refractivity contribution in [1.82, 2.24) is 0 Å². The largest absolute Gasteiger partial charge is 0.416 e. The number of halogens is 5. The predicted molar refractivity (Wildman–Crippen MR) is 131 cm³/mol. The standard InChI is InChI=1S/C30H37F5/c1-2-3-4-5-6-7-20-8-9-23-17-24(11-10-22(23)16-20)25-18-27(31)29(28(32)19-25)21-12-14-26(15-13-21)30(33,34)35/h12-15,18-20,22-24H,2-11,16-17H2,1H3. The number of unbranched alkanes of at least 4 members (excludes halogenated alkanes) is 4. The van der Waals surface area contributed by atoms with Crippen LogP contribution in [0.5, 0.6) is 0 Å². The van der Waals surface area contributed by atoms with E-state index >= 15 is 8.78 Å². The van der Waals surface area contributed by atoms with Crippen molar-refractivity contribution in [3.63, 3.8) is 0 Å². The van der Waals surface area contributed by atoms with Gasteiger partial charge >= 0.3 is 6.18 Å². The zero-order valence-corrected chi connectivity index (χ0v) is 20.6. The summed E-state index contributed by atoms with van der Waals surface area (Å²) < 4.78 is 68.5. The Kier molecular flexibility index (Phi) is 8.54. The monoisotopic (exact) mass is 492 g/mol. The molecule has 2 aliphatic rings. The highest BCUT2D eigenvalue weighted by Crippen LogP contribution is 2.49. The molecule has 0 bridgehead atoms. The van der Waals surface area contributed by atoms with Crippen LogP contribution in [0.15, 0.2) is 36.4 Å². The molecule has 0 amide bonds. The van der Waals surface area contributed by atoms with Gasteiger partial charge in [-0.1, -0.05) is 64.0 Å². The van der Waals surface area contributed by atoms with Crippen molar-refractivity contribution in [3.8, 4) is 11.1 Å². The highest BCUT2D eigenvalue weighted by atomic mass is 19.4. The van der Waals surface area contributed by atoms with Gasteiger partial charge in [0.05, 0.1) is 11.1 Å². The van der Waals surface area contributed by atoms with Crippen LogP contribution in [0.3, 0.4) is 0 Å². The number of rotatable bonds is 8. The summed E-state index contributed by atoms with van der Waals surface area (Å²) in [6.07, 6.45) is 10.4. The predicted octanol–water partition coefficient (Wildman–Crippen LogP) is 10.3. The third kappa shape index (κ3) is 6.46. The summed E-state index contributed by atoms with van der Waals surface area (Å²) in [7, 11) is 0. The lowest BCUT2D eigenvalue weighted by molar-refractivity contribution is -0.137. The van der Waals surface area contributed by atoms with Crippen molar-refractivity contribution < 1.29 is 22.0 Å². The van der Waals surface area contributed by atoms with Crippen LogP contribution in [0.2, 0.25) is 0 Å². The second-order valence-corrected chi connectivity index (χ2v) is 10.8. The fourth-order valence-corrected chi connectivity index (χ4v) is 6.52. The summed E-state index contributed by atoms with van der Waals surface area (Å²) in [6.45, 7) is 2.24. The van der Waals surface area contributed by atoms with E-state index in [1.165, 1.54) is 69.9 Å². The molecule has 0 nitrogen and oxygen atoms in total. The van der Waals surface area contributed by atoms with E-state index in [1.807, 2.05) is 0 Å². The first-order valence-corrected chi connectivity index (χ1v) is 13.4. The lowest BCUT2D eigenvalue weighted by atomic mass is 9.63. The van der Waals surface area contributed by atoms with Gasteiger partial charge in [0.1, 0.15) is 11.6 Å². The molecular weight excluding hydrogens is 455 g/mol. The van der Waals surface area contributed by atoms with E-state index in [2.05, 4.69) is 6.92 Å². The van der Waals surface area contributed by atoms with Crippen LogP contribution < -0.4 is 0 Å². The van der Waals surface area contributed by atoms with Crippen LogP contribution in [0.25, 0.3) is 11.1 Å². The van der Waals surface area contributed by atoms with Crippen molar-refractivity contribution in [3.05, 3.63) is 59.2 Å². The second-order valence-electron chi connectivity index (χ2n) is 10.8. The maximum atomic E-state index is 15.0. The molecular formula is C30H37F5. The SMILES string of the molecule is CCCCCCCC1CCC2CC(c3cc(F)c(-c4ccc(C(F)(F)F)cc4)c(F)c3)CCC2C1. The van der Waals surface area contributed by atoms with Crippen LogP contribution in [0, 0.1) is 29.4 Å². The minimum Gasteiger partial charge on any atom is -0.206 e. The zero-order chi connectivity index (χ0) is 25.0. The fourth-order valence-electron chi connectivity index (χ4n) is 6.52. The first-order valence-electron chi connectivity index (χ1n) is 13.4. The Morgan fingerprint density at radius 3 is 2.06 bits per heavy atom. The first-order chi connectivity index (χ1) is 16.8. The van der Waals surface area contributed by atoms with Gasteiger partial charge in [0, 0.05) is 0 Å². The van der Waals surface area contributed by atoms with Crippen LogP contribution in [-0.4, -0.2) is 0 Å². The van der Waals surface area contributed by atoms with E-state index in [4.69, 9.17) is 0 Å². The Morgan fingerprint density at radius 1 is 0.771 bits per heavy atom. The average molecular weight is 493 g/mol. The van der Waals surface area contributed by atoms with Gasteiger partial charge in [-0.25, -0.2) is 8.78 Å². The molecule has 0 N–H and O–H groups in total. The highest BCUT2D eigenvalue weighted by Gasteiger charge is 2.36. The summed E-state index contributed by atoms with van der Waals surface area (Å²) in [6, 6.07) is 6.82. The molecule has 0 saturated heterocycles. The lowest BCUT2D eigenvalue weighted by Gasteiger charge is -2.42. The average Bonchev–Trinajstić information content (AvgIpc) is 2.83. The second kappa shape index (κ2) is 11.4. The lowest BCUT2D eigenvalue weighted by Crippen LogP contribution is -2.30. The van der Waals surface area contributed by atoms with E-state index < -0.39 is 23.4 Å². The van der Waals surface area contributed by atoms with Gasteiger partial charge in [-0.05, 0) is 91.2 Å². The van der Waals surface area contributed by atoms with Crippen molar-refractivity contribution in [1.29, 1.82) is 0 Å². The molecule has 4 unspecified atom stereocenters. The normalized spacial score (nSPS) is 24.9. The molecule has 5 heteroatoms. The van der Waals surface area contributed by atoms with Crippen molar-refractivity contribution in [2.45, 2.75) is 96.1 Å². The minimum atomic E-state index is -4.48. The van der Waals surface area contributed by atoms with E-state index in [0.717, 1.165) is 55.4 Å². The van der Waals surface area contributed by atoms with Gasteiger partial charge in [0.2, 0.25) is 0 Å². The fraction of sp³-hybridized carbons (Fsp3) is 0.600. The molecule has 2 aromatic carbocycles. The van der Waals surface area contributed by atoms with Gasteiger partial charge in [0.15, 0.2) is 0 Å². The van der Waals surface area contributed by atoms with Crippen molar-refractivity contribution in [2.75, 3.05) is 0 Å². The van der Waals surface area contributed by atoms with Gasteiger partial charge in [-0.2, -0.15) is 13.2 Å². The highest BCUT2D eigenvalue weighted by molar-refractivity contribution is 5.66. The van der Waals surface area contributed by atoms with Crippen LogP contribution in [-0.2, 0) is 6.18 Å². The van der Waals surface area contributed by atoms with Gasteiger partial charge in [0.25, 0.3) is 0 Å². The van der Waals surface area contributed by atoms with Crippen LogP contribution in [0.4, 0.5) is 22.0 Å². The molecule has 2 fully saturated rings. The molecule has 35 heavy (non-hydrogen) atoms. The topological polar surface area (TPSA) is 0 Å². The summed E-state index contributed by atoms with van der Waals surface area (Å²) in [5, 5.41) is 0. The molecule has 2 saturated carbocycles. The number of alkyl halides is 3. The number of benzene rings is 2. The maximum Gasteiger partial charge on any atom is 0.416 e. The van der Waals surface area contributed by atoms with E-state index in [9.17, 15) is 13.2 Å². The number of hydrogen-bond donors (Lipinski definition) is 0. The molecule has 192 valence electrons. The molecule has 4 atom stereocenters. The molecule has 0 radical (unpaired) electrons. The Balaban J connectivity index is 1.37. The third-order valence-corrected chi connectivity index (χ3v) is 8.47. The Hall–Kier alpha value is -1.91. The summed E-state index contributed by atoms with van der Waals surface area (Å²) in [5.41, 5.74) is -0.277. The van der Waals surface area contributed by atoms with Gasteiger partial charge in [-0.3, -0.25) is 0 Å². The molecule has 0 spiro atoms. The van der Waals surface area contributed by atoms with Crippen LogP contribution in [0.1, 0.15) is 101 Å². The van der Waals surface area contributed by atoms with E-state index in [0.29, 0.717) is 11.5 Å². The summed E-state index contributed by atoms with van der Waals surface area (Å²) in [4.78, 5) is 0. The molecule has 2 aromatic rings. The van der Waals surface area contributed by atoms with E-state index in [-0.39, 0.29) is 17.0 Å². The molecule has 0 aromatic heterocycles. The van der Waals surface area contributed by atoms with Gasteiger partial charge < -0.3 is 0 Å². The quantitative estimate of drug-likeness (QED) is 0.254. The van der Waals surface area contributed by atoms with Gasteiger partial charge in [-0.15, -0.1) is 0 Å². The van der Waals surface area contributed by atoms with E-state index in [1.54, 1.807) is 0 Å². The zero-order valence-electron chi connectivity index (χ0n) is 20.6. The van der Waals surface area contributed by atoms with Crippen molar-refractivity contribution in [2.24, 2.45) is 17.8 Å². The third-order valence-electron chi connectivity index (χ3n) is 8.47. The molecule has 4 rings (SSSR count). The smallest absolute Gasteiger partial charge is 0.206 e. The van der Waals surface area contributed by atoms with Crippen molar-refractivity contribution >= 4 is 0 Å². The molecule has 2 aliphatic carbocycles. The molecule has 0 heterocycles. The van der Waals surface area contributed by atoms with Crippen LogP contribution >= 0.6 is 0 Å². The Labute approximate surface area is 206 Å². The summed E-state index contributed by atoms with van der Waals surface area (Å²) in [5.74, 6) is 0.953. The Morgan fingerprint density at radius 2 is 1.40 bits per heavy atom.